The highest BCUT2D eigenvalue weighted by Crippen LogP contribution is 2.43. The Balaban J connectivity index is 1.80. The van der Waals surface area contributed by atoms with Gasteiger partial charge in [-0.05, 0) is 42.9 Å². The van der Waals surface area contributed by atoms with E-state index in [-0.39, 0.29) is 25.6 Å². The monoisotopic (exact) mass is 441 g/mol. The van der Waals surface area contributed by atoms with Gasteiger partial charge in [-0.3, -0.25) is 0 Å². The van der Waals surface area contributed by atoms with E-state index < -0.39 is 21.6 Å². The maximum atomic E-state index is 13.4. The molecule has 1 aliphatic carbocycles. The Kier molecular flexibility index (Phi) is 5.13. The van der Waals surface area contributed by atoms with Crippen LogP contribution >= 0.6 is 0 Å². The van der Waals surface area contributed by atoms with Gasteiger partial charge in [0.15, 0.2) is 0 Å². The van der Waals surface area contributed by atoms with Gasteiger partial charge >= 0.3 is 15.5 Å². The second-order valence-electron chi connectivity index (χ2n) is 7.78. The van der Waals surface area contributed by atoms with Gasteiger partial charge in [0.1, 0.15) is 5.82 Å². The Bertz CT molecular complexity index is 1040. The lowest BCUT2D eigenvalue weighted by atomic mass is 10.0. The van der Waals surface area contributed by atoms with E-state index >= 15 is 0 Å². The summed E-state index contributed by atoms with van der Waals surface area (Å²) in [5, 5.41) is 0. The third-order valence-corrected chi connectivity index (χ3v) is 7.20. The molecule has 0 spiro atoms. The number of nitrogen functional groups attached to an aromatic ring is 1. The number of halogens is 3. The molecule has 1 fully saturated rings. The molecule has 1 unspecified atom stereocenters. The van der Waals surface area contributed by atoms with Gasteiger partial charge in [-0.25, -0.2) is 18.4 Å². The first-order valence-electron chi connectivity index (χ1n) is 9.56. The molecule has 162 valence electrons. The first kappa shape index (κ1) is 20.9. The van der Waals surface area contributed by atoms with Crippen LogP contribution in [0.1, 0.15) is 29.8 Å². The van der Waals surface area contributed by atoms with Crippen LogP contribution < -0.4 is 10.6 Å². The van der Waals surface area contributed by atoms with Crippen LogP contribution in [0.4, 0.5) is 24.5 Å². The lowest BCUT2D eigenvalue weighted by molar-refractivity contribution is -0.0492. The number of nitrogens with two attached hydrogens (primary N) is 1. The quantitative estimate of drug-likeness (QED) is 0.785. The molecule has 0 radical (unpaired) electrons. The minimum absolute atomic E-state index is 0.108. The molecule has 2 heterocycles. The van der Waals surface area contributed by atoms with Crippen LogP contribution in [-0.2, 0) is 23.1 Å². The fourth-order valence-corrected chi connectivity index (χ4v) is 4.84. The molecule has 11 heteroatoms. The number of fused-ring (bicyclic) bond motifs is 1. The van der Waals surface area contributed by atoms with Crippen molar-refractivity contribution in [2.45, 2.75) is 44.4 Å². The standard InChI is InChI=1S/C19H22F3N5O2S/c1-12-3-2-4-16-15(12)9-26(30(28,29)19(20,21)22)10-17(13-5-6-13)27(16)11-18-24-7-14(23)8-25-18/h2-4,7-8,13,17H,5-6,9-11,23H2,1H3. The zero-order chi connectivity index (χ0) is 21.7. The van der Waals surface area contributed by atoms with Crippen LogP contribution in [0.25, 0.3) is 0 Å². The summed E-state index contributed by atoms with van der Waals surface area (Å²) in [5.74, 6) is 0.575. The van der Waals surface area contributed by atoms with E-state index in [4.69, 9.17) is 5.73 Å². The Morgan fingerprint density at radius 2 is 1.87 bits per heavy atom. The molecule has 7 nitrogen and oxygen atoms in total. The number of aromatic nitrogens is 2. The fourth-order valence-electron chi connectivity index (χ4n) is 3.90. The highest BCUT2D eigenvalue weighted by atomic mass is 32.2. The molecule has 2 N–H and O–H groups in total. The molecular weight excluding hydrogens is 419 g/mol. The van der Waals surface area contributed by atoms with Gasteiger partial charge in [-0.2, -0.15) is 17.5 Å². The molecule has 0 amide bonds. The highest BCUT2D eigenvalue weighted by Gasteiger charge is 2.52. The average molecular weight is 441 g/mol. The predicted molar refractivity (Wildman–Crippen MR) is 106 cm³/mol. The van der Waals surface area contributed by atoms with Crippen molar-refractivity contribution in [3.05, 3.63) is 47.5 Å². The number of alkyl halides is 3. The number of benzene rings is 1. The molecule has 4 rings (SSSR count). The Morgan fingerprint density at radius 3 is 2.47 bits per heavy atom. The van der Waals surface area contributed by atoms with Crippen molar-refractivity contribution in [1.29, 1.82) is 0 Å². The molecule has 1 saturated carbocycles. The summed E-state index contributed by atoms with van der Waals surface area (Å²) in [6, 6.07) is 5.00. The fraction of sp³-hybridized carbons (Fsp3) is 0.474. The second-order valence-corrected chi connectivity index (χ2v) is 9.71. The molecule has 0 saturated heterocycles. The SMILES string of the molecule is Cc1cccc2c1CN(S(=O)(=O)C(F)(F)F)CC(C1CC1)N2Cc1ncc(N)cn1. The zero-order valence-corrected chi connectivity index (χ0v) is 17.1. The van der Waals surface area contributed by atoms with E-state index in [0.717, 1.165) is 18.4 Å². The van der Waals surface area contributed by atoms with Crippen molar-refractivity contribution in [2.75, 3.05) is 17.2 Å². The molecule has 2 aliphatic rings. The van der Waals surface area contributed by atoms with Crippen LogP contribution in [0, 0.1) is 12.8 Å². The van der Waals surface area contributed by atoms with Crippen molar-refractivity contribution in [1.82, 2.24) is 14.3 Å². The lowest BCUT2D eigenvalue weighted by Crippen LogP contribution is -2.47. The number of hydrogen-bond acceptors (Lipinski definition) is 6. The van der Waals surface area contributed by atoms with Gasteiger partial charge in [0.2, 0.25) is 0 Å². The minimum atomic E-state index is -5.46. The number of hydrogen-bond donors (Lipinski definition) is 1. The van der Waals surface area contributed by atoms with E-state index in [1.165, 1.54) is 12.4 Å². The number of anilines is 2. The number of aryl methyl sites for hydroxylation is 1. The normalized spacial score (nSPS) is 20.7. The summed E-state index contributed by atoms with van der Waals surface area (Å²) in [7, 11) is -5.46. The largest absolute Gasteiger partial charge is 0.511 e. The van der Waals surface area contributed by atoms with Gasteiger partial charge in [-0.1, -0.05) is 12.1 Å². The third kappa shape index (κ3) is 3.83. The first-order valence-corrected chi connectivity index (χ1v) is 11.0. The second kappa shape index (κ2) is 7.38. The Hall–Kier alpha value is -2.40. The minimum Gasteiger partial charge on any atom is -0.396 e. The maximum absolute atomic E-state index is 13.4. The average Bonchev–Trinajstić information content (AvgIpc) is 3.50. The molecule has 1 aliphatic heterocycles. The van der Waals surface area contributed by atoms with Gasteiger partial charge in [-0.15, -0.1) is 0 Å². The van der Waals surface area contributed by atoms with Crippen LogP contribution in [0.3, 0.4) is 0 Å². The molecular formula is C19H22F3N5O2S. The van der Waals surface area contributed by atoms with Crippen LogP contribution in [0.15, 0.2) is 30.6 Å². The molecule has 1 aromatic heterocycles. The van der Waals surface area contributed by atoms with Gasteiger partial charge < -0.3 is 10.6 Å². The third-order valence-electron chi connectivity index (χ3n) is 5.66. The topological polar surface area (TPSA) is 92.4 Å². The molecule has 1 aromatic carbocycles. The van der Waals surface area contributed by atoms with Crippen molar-refractivity contribution < 1.29 is 21.6 Å². The molecule has 2 aromatic rings. The van der Waals surface area contributed by atoms with Crippen molar-refractivity contribution in [2.24, 2.45) is 5.92 Å². The highest BCUT2D eigenvalue weighted by molar-refractivity contribution is 7.89. The van der Waals surface area contributed by atoms with E-state index in [2.05, 4.69) is 9.97 Å². The van der Waals surface area contributed by atoms with E-state index in [0.29, 0.717) is 27.1 Å². The Morgan fingerprint density at radius 1 is 1.20 bits per heavy atom. The van der Waals surface area contributed by atoms with Crippen LogP contribution in [-0.4, -0.2) is 40.8 Å². The number of rotatable bonds is 4. The molecule has 1 atom stereocenters. The number of nitrogens with zero attached hydrogens (tertiary/aromatic N) is 4. The summed E-state index contributed by atoms with van der Waals surface area (Å²) in [6.45, 7) is 1.45. The summed E-state index contributed by atoms with van der Waals surface area (Å²) >= 11 is 0. The zero-order valence-electron chi connectivity index (χ0n) is 16.3. The summed E-state index contributed by atoms with van der Waals surface area (Å²) in [5.41, 5.74) is 2.72. The van der Waals surface area contributed by atoms with E-state index in [1.807, 2.05) is 17.0 Å². The van der Waals surface area contributed by atoms with Gasteiger partial charge in [0.05, 0.1) is 24.6 Å². The lowest BCUT2D eigenvalue weighted by Gasteiger charge is -2.34. The molecule has 0 bridgehead atoms. The summed E-state index contributed by atoms with van der Waals surface area (Å²) < 4.78 is 65.3. The van der Waals surface area contributed by atoms with Crippen LogP contribution in [0.2, 0.25) is 0 Å². The van der Waals surface area contributed by atoms with E-state index in [9.17, 15) is 21.6 Å². The van der Waals surface area contributed by atoms with E-state index in [1.54, 1.807) is 13.0 Å². The molecule has 30 heavy (non-hydrogen) atoms. The van der Waals surface area contributed by atoms with Crippen molar-refractivity contribution in [3.63, 3.8) is 0 Å². The van der Waals surface area contributed by atoms with Crippen molar-refractivity contribution >= 4 is 21.4 Å². The van der Waals surface area contributed by atoms with Crippen LogP contribution in [0.5, 0.6) is 0 Å². The smallest absolute Gasteiger partial charge is 0.396 e. The summed E-state index contributed by atoms with van der Waals surface area (Å²) in [4.78, 5) is 10.4. The van der Waals surface area contributed by atoms with Crippen molar-refractivity contribution in [3.8, 4) is 0 Å². The Labute approximate surface area is 172 Å². The van der Waals surface area contributed by atoms with Gasteiger partial charge in [0, 0.05) is 24.8 Å². The first-order chi connectivity index (χ1) is 14.1. The maximum Gasteiger partial charge on any atom is 0.511 e. The summed E-state index contributed by atoms with van der Waals surface area (Å²) in [6.07, 6.45) is 4.63. The predicted octanol–water partition coefficient (Wildman–Crippen LogP) is 2.82. The number of sulfonamides is 1. The van der Waals surface area contributed by atoms with Gasteiger partial charge in [0.25, 0.3) is 0 Å².